The first-order valence-corrected chi connectivity index (χ1v) is 4.04. The molecule has 0 aliphatic rings. The normalized spacial score (nSPS) is 11.8. The van der Waals surface area contributed by atoms with Gasteiger partial charge in [-0.3, -0.25) is 4.98 Å². The lowest BCUT2D eigenvalue weighted by atomic mass is 9.91. The summed E-state index contributed by atoms with van der Waals surface area (Å²) in [6.45, 7) is 7.69. The molecule has 0 aliphatic heterocycles. The predicted molar refractivity (Wildman–Crippen MR) is 47.6 cm³/mol. The molecule has 0 saturated heterocycles. The molecule has 12 heavy (non-hydrogen) atoms. The van der Waals surface area contributed by atoms with Gasteiger partial charge in [-0.05, 0) is 18.6 Å². The molecule has 66 valence electrons. The zero-order valence-corrected chi connectivity index (χ0v) is 7.98. The second-order valence-corrected chi connectivity index (χ2v) is 4.09. The van der Waals surface area contributed by atoms with Crippen LogP contribution in [0.15, 0.2) is 12.3 Å². The minimum Gasteiger partial charge on any atom is -0.257 e. The number of rotatable bonds is 0. The number of aromatic nitrogens is 1. The van der Waals surface area contributed by atoms with Crippen molar-refractivity contribution in [1.82, 2.24) is 4.98 Å². The van der Waals surface area contributed by atoms with Gasteiger partial charge in [-0.25, -0.2) is 4.39 Å². The monoisotopic (exact) mass is 167 g/mol. The Morgan fingerprint density at radius 3 is 2.33 bits per heavy atom. The molecule has 0 spiro atoms. The fourth-order valence-electron chi connectivity index (χ4n) is 1.09. The predicted octanol–water partition coefficient (Wildman–Crippen LogP) is 2.83. The summed E-state index contributed by atoms with van der Waals surface area (Å²) in [5, 5.41) is 0. The molecule has 0 unspecified atom stereocenters. The van der Waals surface area contributed by atoms with E-state index in [0.717, 1.165) is 5.56 Å². The van der Waals surface area contributed by atoms with Crippen LogP contribution in [0.1, 0.15) is 32.0 Å². The minimum atomic E-state index is -0.211. The molecule has 2 heteroatoms. The van der Waals surface area contributed by atoms with Crippen molar-refractivity contribution in [3.05, 3.63) is 29.3 Å². The van der Waals surface area contributed by atoms with E-state index < -0.39 is 0 Å². The fourth-order valence-corrected chi connectivity index (χ4v) is 1.09. The largest absolute Gasteiger partial charge is 0.257 e. The summed E-state index contributed by atoms with van der Waals surface area (Å²) >= 11 is 0. The molecule has 1 aromatic rings. The van der Waals surface area contributed by atoms with Crippen LogP contribution in [0.2, 0.25) is 0 Å². The van der Waals surface area contributed by atoms with Crippen LogP contribution in [0.25, 0.3) is 0 Å². The van der Waals surface area contributed by atoms with E-state index in [1.54, 1.807) is 6.20 Å². The highest BCUT2D eigenvalue weighted by Gasteiger charge is 2.19. The van der Waals surface area contributed by atoms with Crippen LogP contribution in [0, 0.1) is 12.7 Å². The average molecular weight is 167 g/mol. The number of hydrogen-bond donors (Lipinski definition) is 0. The van der Waals surface area contributed by atoms with Crippen molar-refractivity contribution in [3.8, 4) is 0 Å². The minimum absolute atomic E-state index is 0.206. The highest BCUT2D eigenvalue weighted by atomic mass is 19.1. The van der Waals surface area contributed by atoms with Crippen LogP contribution in [-0.4, -0.2) is 4.98 Å². The first-order valence-electron chi connectivity index (χ1n) is 4.04. The fraction of sp³-hybridized carbons (Fsp3) is 0.500. The number of nitrogens with zero attached hydrogens (tertiary/aromatic N) is 1. The van der Waals surface area contributed by atoms with Gasteiger partial charge in [0.2, 0.25) is 0 Å². The van der Waals surface area contributed by atoms with E-state index in [4.69, 9.17) is 0 Å². The lowest BCUT2D eigenvalue weighted by Crippen LogP contribution is -2.15. The van der Waals surface area contributed by atoms with E-state index in [2.05, 4.69) is 4.98 Å². The Balaban J connectivity index is 3.19. The van der Waals surface area contributed by atoms with Crippen molar-refractivity contribution in [3.63, 3.8) is 0 Å². The molecule has 0 N–H and O–H groups in total. The lowest BCUT2D eigenvalue weighted by molar-refractivity contribution is 0.502. The van der Waals surface area contributed by atoms with E-state index >= 15 is 0 Å². The molecule has 0 aromatic carbocycles. The van der Waals surface area contributed by atoms with Gasteiger partial charge >= 0.3 is 0 Å². The first kappa shape index (κ1) is 9.17. The van der Waals surface area contributed by atoms with E-state index in [0.29, 0.717) is 5.69 Å². The van der Waals surface area contributed by atoms with Gasteiger partial charge in [0.25, 0.3) is 0 Å². The molecule has 0 atom stereocenters. The first-order chi connectivity index (χ1) is 5.41. The Hall–Kier alpha value is -0.920. The van der Waals surface area contributed by atoms with Crippen molar-refractivity contribution in [2.75, 3.05) is 0 Å². The Kier molecular flexibility index (Phi) is 2.18. The van der Waals surface area contributed by atoms with Crippen molar-refractivity contribution in [2.24, 2.45) is 0 Å². The maximum atomic E-state index is 13.3. The summed E-state index contributed by atoms with van der Waals surface area (Å²) in [6, 6.07) is 1.52. The van der Waals surface area contributed by atoms with E-state index in [-0.39, 0.29) is 11.2 Å². The van der Waals surface area contributed by atoms with Crippen molar-refractivity contribution >= 4 is 0 Å². The Morgan fingerprint density at radius 1 is 1.33 bits per heavy atom. The second kappa shape index (κ2) is 2.85. The third-order valence-electron chi connectivity index (χ3n) is 1.69. The van der Waals surface area contributed by atoms with Gasteiger partial charge in [0.15, 0.2) is 0 Å². The Bertz CT molecular complexity index is 286. The summed E-state index contributed by atoms with van der Waals surface area (Å²) in [5.41, 5.74) is 1.19. The van der Waals surface area contributed by atoms with Gasteiger partial charge in [-0.1, -0.05) is 20.8 Å². The van der Waals surface area contributed by atoms with Gasteiger partial charge in [-0.15, -0.1) is 0 Å². The molecule has 1 nitrogen and oxygen atoms in total. The number of pyridine rings is 1. The number of halogens is 1. The highest BCUT2D eigenvalue weighted by Crippen LogP contribution is 2.22. The molecular weight excluding hydrogens is 153 g/mol. The smallest absolute Gasteiger partial charge is 0.145 e. The average Bonchev–Trinajstić information content (AvgIpc) is 1.83. The van der Waals surface area contributed by atoms with Gasteiger partial charge < -0.3 is 0 Å². The SMILES string of the molecule is Cc1cnc(C(C)(C)C)c(F)c1. The number of aryl methyl sites for hydroxylation is 1. The molecule has 0 saturated carbocycles. The summed E-state index contributed by atoms with van der Waals surface area (Å²) in [4.78, 5) is 4.07. The Morgan fingerprint density at radius 2 is 1.92 bits per heavy atom. The molecule has 1 heterocycles. The van der Waals surface area contributed by atoms with E-state index in [1.807, 2.05) is 27.7 Å². The summed E-state index contributed by atoms with van der Waals surface area (Å²) < 4.78 is 13.3. The lowest BCUT2D eigenvalue weighted by Gasteiger charge is -2.18. The molecular formula is C10H14FN. The van der Waals surface area contributed by atoms with Gasteiger partial charge in [0, 0.05) is 11.6 Å². The third kappa shape index (κ3) is 1.81. The van der Waals surface area contributed by atoms with Crippen LogP contribution in [0.4, 0.5) is 4.39 Å². The van der Waals surface area contributed by atoms with Gasteiger partial charge in [-0.2, -0.15) is 0 Å². The third-order valence-corrected chi connectivity index (χ3v) is 1.69. The zero-order chi connectivity index (χ0) is 9.35. The molecule has 1 aromatic heterocycles. The van der Waals surface area contributed by atoms with Crippen molar-refractivity contribution in [1.29, 1.82) is 0 Å². The molecule has 0 bridgehead atoms. The van der Waals surface area contributed by atoms with Crippen LogP contribution >= 0.6 is 0 Å². The molecule has 0 aliphatic carbocycles. The molecule has 1 rings (SSSR count). The van der Waals surface area contributed by atoms with Crippen LogP contribution in [0.5, 0.6) is 0 Å². The van der Waals surface area contributed by atoms with Crippen molar-refractivity contribution in [2.45, 2.75) is 33.1 Å². The zero-order valence-electron chi connectivity index (χ0n) is 7.98. The van der Waals surface area contributed by atoms with Crippen LogP contribution in [0.3, 0.4) is 0 Å². The molecule has 0 fully saturated rings. The summed E-state index contributed by atoms with van der Waals surface area (Å²) in [6.07, 6.45) is 1.70. The molecule has 0 radical (unpaired) electrons. The highest BCUT2D eigenvalue weighted by molar-refractivity contribution is 5.20. The quantitative estimate of drug-likeness (QED) is 0.579. The van der Waals surface area contributed by atoms with E-state index in [9.17, 15) is 4.39 Å². The van der Waals surface area contributed by atoms with E-state index in [1.165, 1.54) is 6.07 Å². The van der Waals surface area contributed by atoms with Crippen LogP contribution < -0.4 is 0 Å². The second-order valence-electron chi connectivity index (χ2n) is 4.09. The van der Waals surface area contributed by atoms with Gasteiger partial charge in [0.05, 0.1) is 5.69 Å². The topological polar surface area (TPSA) is 12.9 Å². The maximum absolute atomic E-state index is 13.3. The standard InChI is InChI=1S/C10H14FN/c1-7-5-8(11)9(12-6-7)10(2,3)4/h5-6H,1-4H3. The maximum Gasteiger partial charge on any atom is 0.145 e. The van der Waals surface area contributed by atoms with Gasteiger partial charge in [0.1, 0.15) is 5.82 Å². The van der Waals surface area contributed by atoms with Crippen LogP contribution in [-0.2, 0) is 5.41 Å². The Labute approximate surface area is 72.6 Å². The summed E-state index contributed by atoms with van der Waals surface area (Å²) in [5.74, 6) is -0.206. The number of hydrogen-bond acceptors (Lipinski definition) is 1. The summed E-state index contributed by atoms with van der Waals surface area (Å²) in [7, 11) is 0. The molecule has 0 amide bonds. The van der Waals surface area contributed by atoms with Crippen molar-refractivity contribution < 1.29 is 4.39 Å².